The number of halogens is 1. The van der Waals surface area contributed by atoms with E-state index in [0.29, 0.717) is 12.2 Å². The number of benzene rings is 1. The highest BCUT2D eigenvalue weighted by Crippen LogP contribution is 2.13. The van der Waals surface area contributed by atoms with Crippen LogP contribution in [0.3, 0.4) is 0 Å². The highest BCUT2D eigenvalue weighted by molar-refractivity contribution is 5.90. The SMILES string of the molecule is CCCCCn1nnc(C(=O)O)c1/C=C/c1ccc(F)cc1. The average molecular weight is 303 g/mol. The number of carboxylic acid groups (broad SMARTS) is 1. The Morgan fingerprint density at radius 2 is 2.00 bits per heavy atom. The number of carbonyl (C=O) groups is 1. The first-order chi connectivity index (χ1) is 10.6. The van der Waals surface area contributed by atoms with Gasteiger partial charge in [-0.15, -0.1) is 5.10 Å². The van der Waals surface area contributed by atoms with Gasteiger partial charge in [-0.05, 0) is 30.2 Å². The normalized spacial score (nSPS) is 11.2. The summed E-state index contributed by atoms with van der Waals surface area (Å²) in [6.45, 7) is 2.72. The third-order valence-corrected chi connectivity index (χ3v) is 3.25. The van der Waals surface area contributed by atoms with Crippen LogP contribution in [0.1, 0.15) is 47.9 Å². The maximum absolute atomic E-state index is 12.9. The molecule has 1 aromatic heterocycles. The van der Waals surface area contributed by atoms with Crippen molar-refractivity contribution in [3.05, 3.63) is 47.0 Å². The van der Waals surface area contributed by atoms with Crippen LogP contribution in [0.15, 0.2) is 24.3 Å². The molecule has 5 nitrogen and oxygen atoms in total. The number of hydrogen-bond donors (Lipinski definition) is 1. The molecular weight excluding hydrogens is 285 g/mol. The van der Waals surface area contributed by atoms with Gasteiger partial charge in [0.05, 0.1) is 5.69 Å². The first-order valence-corrected chi connectivity index (χ1v) is 7.22. The summed E-state index contributed by atoms with van der Waals surface area (Å²) in [6, 6.07) is 5.96. The van der Waals surface area contributed by atoms with E-state index < -0.39 is 5.97 Å². The Kier molecular flexibility index (Phi) is 5.41. The Morgan fingerprint density at radius 1 is 1.27 bits per heavy atom. The summed E-state index contributed by atoms with van der Waals surface area (Å²) in [7, 11) is 0. The molecule has 0 aliphatic rings. The first-order valence-electron chi connectivity index (χ1n) is 7.22. The van der Waals surface area contributed by atoms with Crippen LogP contribution in [0.2, 0.25) is 0 Å². The Morgan fingerprint density at radius 3 is 2.64 bits per heavy atom. The zero-order chi connectivity index (χ0) is 15.9. The molecular formula is C16H18FN3O2. The van der Waals surface area contributed by atoms with E-state index >= 15 is 0 Å². The summed E-state index contributed by atoms with van der Waals surface area (Å²) in [5.41, 5.74) is 1.15. The zero-order valence-electron chi connectivity index (χ0n) is 12.4. The summed E-state index contributed by atoms with van der Waals surface area (Å²) in [5.74, 6) is -1.42. The van der Waals surface area contributed by atoms with Gasteiger partial charge in [0.15, 0.2) is 5.69 Å². The lowest BCUT2D eigenvalue weighted by Gasteiger charge is -2.03. The molecule has 0 fully saturated rings. The van der Waals surface area contributed by atoms with E-state index in [1.165, 1.54) is 12.1 Å². The smallest absolute Gasteiger partial charge is 0.358 e. The van der Waals surface area contributed by atoms with Crippen molar-refractivity contribution in [2.45, 2.75) is 32.7 Å². The summed E-state index contributed by atoms with van der Waals surface area (Å²) < 4.78 is 14.5. The van der Waals surface area contributed by atoms with Crippen molar-refractivity contribution in [2.24, 2.45) is 0 Å². The molecule has 116 valence electrons. The molecule has 0 aliphatic carbocycles. The zero-order valence-corrected chi connectivity index (χ0v) is 12.4. The fraction of sp³-hybridized carbons (Fsp3) is 0.312. The van der Waals surface area contributed by atoms with Crippen LogP contribution in [-0.4, -0.2) is 26.1 Å². The fourth-order valence-corrected chi connectivity index (χ4v) is 2.06. The van der Waals surface area contributed by atoms with Crippen LogP contribution in [-0.2, 0) is 6.54 Å². The van der Waals surface area contributed by atoms with E-state index in [1.54, 1.807) is 29.0 Å². The Labute approximate surface area is 128 Å². The van der Waals surface area contributed by atoms with E-state index in [4.69, 9.17) is 0 Å². The Balaban J connectivity index is 2.24. The second-order valence-corrected chi connectivity index (χ2v) is 4.94. The van der Waals surface area contributed by atoms with Crippen LogP contribution in [0.25, 0.3) is 12.2 Å². The molecule has 0 unspecified atom stereocenters. The number of aromatic nitrogens is 3. The minimum atomic E-state index is -1.11. The Hall–Kier alpha value is -2.50. The van der Waals surface area contributed by atoms with Gasteiger partial charge in [0.25, 0.3) is 0 Å². The summed E-state index contributed by atoms with van der Waals surface area (Å²) in [6.07, 6.45) is 6.41. The van der Waals surface area contributed by atoms with E-state index in [0.717, 1.165) is 24.8 Å². The first kappa shape index (κ1) is 15.9. The van der Waals surface area contributed by atoms with Crippen molar-refractivity contribution in [1.82, 2.24) is 15.0 Å². The number of hydrogen-bond acceptors (Lipinski definition) is 3. The van der Waals surface area contributed by atoms with Gasteiger partial charge in [-0.3, -0.25) is 0 Å². The average Bonchev–Trinajstić information content (AvgIpc) is 2.90. The second-order valence-electron chi connectivity index (χ2n) is 4.94. The molecule has 0 spiro atoms. The molecule has 22 heavy (non-hydrogen) atoms. The highest BCUT2D eigenvalue weighted by atomic mass is 19.1. The van der Waals surface area contributed by atoms with Crippen molar-refractivity contribution in [3.63, 3.8) is 0 Å². The lowest BCUT2D eigenvalue weighted by molar-refractivity contribution is 0.0690. The summed E-state index contributed by atoms with van der Waals surface area (Å²) >= 11 is 0. The maximum Gasteiger partial charge on any atom is 0.358 e. The molecule has 0 atom stereocenters. The number of nitrogens with zero attached hydrogens (tertiary/aromatic N) is 3. The largest absolute Gasteiger partial charge is 0.476 e. The lowest BCUT2D eigenvalue weighted by atomic mass is 10.2. The molecule has 0 radical (unpaired) electrons. The van der Waals surface area contributed by atoms with E-state index in [-0.39, 0.29) is 11.5 Å². The Bertz CT molecular complexity index is 663. The minimum absolute atomic E-state index is 0.0742. The second kappa shape index (κ2) is 7.49. The quantitative estimate of drug-likeness (QED) is 0.795. The molecule has 0 aliphatic heterocycles. The summed E-state index contributed by atoms with van der Waals surface area (Å²) in [5, 5.41) is 16.8. The van der Waals surface area contributed by atoms with Gasteiger partial charge in [-0.1, -0.05) is 43.2 Å². The number of rotatable bonds is 7. The molecule has 1 N–H and O–H groups in total. The van der Waals surface area contributed by atoms with Crippen molar-refractivity contribution >= 4 is 18.1 Å². The molecule has 0 saturated heterocycles. The molecule has 1 heterocycles. The third-order valence-electron chi connectivity index (χ3n) is 3.25. The van der Waals surface area contributed by atoms with Gasteiger partial charge >= 0.3 is 5.97 Å². The summed E-state index contributed by atoms with van der Waals surface area (Å²) in [4.78, 5) is 11.2. The van der Waals surface area contributed by atoms with Crippen LogP contribution in [0.5, 0.6) is 0 Å². The lowest BCUT2D eigenvalue weighted by Crippen LogP contribution is -2.05. The van der Waals surface area contributed by atoms with Crippen LogP contribution < -0.4 is 0 Å². The molecule has 0 bridgehead atoms. The maximum atomic E-state index is 12.9. The van der Waals surface area contributed by atoms with Gasteiger partial charge in [0, 0.05) is 6.54 Å². The van der Waals surface area contributed by atoms with Crippen LogP contribution >= 0.6 is 0 Å². The monoisotopic (exact) mass is 303 g/mol. The van der Waals surface area contributed by atoms with Crippen LogP contribution in [0, 0.1) is 5.82 Å². The molecule has 1 aromatic carbocycles. The molecule has 2 aromatic rings. The van der Waals surface area contributed by atoms with Crippen molar-refractivity contribution in [3.8, 4) is 0 Å². The van der Waals surface area contributed by atoms with Gasteiger partial charge < -0.3 is 5.11 Å². The van der Waals surface area contributed by atoms with E-state index in [9.17, 15) is 14.3 Å². The fourth-order valence-electron chi connectivity index (χ4n) is 2.06. The van der Waals surface area contributed by atoms with Gasteiger partial charge in [0.1, 0.15) is 5.82 Å². The number of aromatic carboxylic acids is 1. The molecule has 2 rings (SSSR count). The van der Waals surface area contributed by atoms with Gasteiger partial charge in [-0.25, -0.2) is 13.9 Å². The number of unbranched alkanes of at least 4 members (excludes halogenated alkanes) is 2. The molecule has 0 amide bonds. The van der Waals surface area contributed by atoms with Crippen molar-refractivity contribution in [2.75, 3.05) is 0 Å². The molecule has 0 saturated carbocycles. The third kappa shape index (κ3) is 4.00. The van der Waals surface area contributed by atoms with Gasteiger partial charge in [0.2, 0.25) is 0 Å². The van der Waals surface area contributed by atoms with E-state index in [2.05, 4.69) is 17.2 Å². The standard InChI is InChI=1S/C16H18FN3O2/c1-2-3-4-11-20-14(15(16(21)22)18-19-20)10-7-12-5-8-13(17)9-6-12/h5-10H,2-4,11H2,1H3,(H,21,22)/b10-7+. The van der Waals surface area contributed by atoms with Gasteiger partial charge in [-0.2, -0.15) is 0 Å². The predicted octanol–water partition coefficient (Wildman–Crippen LogP) is 3.48. The molecule has 6 heteroatoms. The highest BCUT2D eigenvalue weighted by Gasteiger charge is 2.16. The topological polar surface area (TPSA) is 68.0 Å². The predicted molar refractivity (Wildman–Crippen MR) is 81.8 cm³/mol. The van der Waals surface area contributed by atoms with Crippen molar-refractivity contribution in [1.29, 1.82) is 0 Å². The van der Waals surface area contributed by atoms with E-state index in [1.807, 2.05) is 0 Å². The van der Waals surface area contributed by atoms with Crippen LogP contribution in [0.4, 0.5) is 4.39 Å². The number of aryl methyl sites for hydroxylation is 1. The number of carboxylic acids is 1. The van der Waals surface area contributed by atoms with Crippen molar-refractivity contribution < 1.29 is 14.3 Å². The minimum Gasteiger partial charge on any atom is -0.476 e.